The third-order valence-corrected chi connectivity index (χ3v) is 12.9. The Kier molecular flexibility index (Phi) is 28.8. The summed E-state index contributed by atoms with van der Waals surface area (Å²) < 4.78 is 94.8. The van der Waals surface area contributed by atoms with Crippen molar-refractivity contribution in [2.75, 3.05) is 159 Å². The lowest BCUT2D eigenvalue weighted by Gasteiger charge is -2.18. The highest BCUT2D eigenvalue weighted by Crippen LogP contribution is 2.44. The van der Waals surface area contributed by atoms with Gasteiger partial charge in [-0.1, -0.05) is 82.3 Å². The maximum absolute atomic E-state index is 6.19. The lowest BCUT2D eigenvalue weighted by Crippen LogP contribution is -2.14. The average Bonchev–Trinajstić information content (AvgIpc) is 3.38. The number of fused-ring (bicyclic) bond motifs is 3. The molecule has 4 aromatic rings. The number of hydrogen-bond donors (Lipinski definition) is 0. The highest BCUT2D eigenvalue weighted by molar-refractivity contribution is 8.76. The van der Waals surface area contributed by atoms with Crippen LogP contribution in [-0.4, -0.2) is 159 Å². The van der Waals surface area contributed by atoms with E-state index in [0.717, 1.165) is 32.0 Å². The summed E-state index contributed by atoms with van der Waals surface area (Å²) >= 11 is 0. The van der Waals surface area contributed by atoms with Gasteiger partial charge in [0.15, 0.2) is 23.0 Å². The molecule has 4 aromatic carbocycles. The number of ether oxygens (including phenoxy) is 16. The third kappa shape index (κ3) is 22.4. The highest BCUT2D eigenvalue weighted by atomic mass is 33.1. The van der Waals surface area contributed by atoms with Gasteiger partial charge < -0.3 is 75.8 Å². The first-order valence-electron chi connectivity index (χ1n) is 24.0. The van der Waals surface area contributed by atoms with E-state index in [2.05, 4.69) is 24.3 Å². The largest absolute Gasteiger partial charge is 0.487 e. The molecule has 70 heavy (non-hydrogen) atoms. The van der Waals surface area contributed by atoms with Crippen LogP contribution in [-0.2, 0) is 83.3 Å². The number of benzene rings is 4. The standard InChI is InChI=1S/C52H70O16S2/c1-2-12-48-47(11-1)65-35-31-57-19-15-53-23-27-61-39-43-7-5-9-45-41-63-29-25-55-17-21-59-33-37-67-49-13-3-4-14-50(49)68-38-34-60-22-18-56-26-30-64-42-46-10-6-8-44(52(46)70-69-51(43)45)40-62-28-24-54-16-20-58-32-36-66-48/h1-14H,15-42H2. The van der Waals surface area contributed by atoms with Crippen molar-refractivity contribution >= 4 is 21.6 Å². The quantitative estimate of drug-likeness (QED) is 0.159. The normalized spacial score (nSPS) is 19.5. The Morgan fingerprint density at radius 3 is 0.643 bits per heavy atom. The fourth-order valence-corrected chi connectivity index (χ4v) is 9.62. The predicted octanol–water partition coefficient (Wildman–Crippen LogP) is 7.63. The molecule has 0 aliphatic carbocycles. The Morgan fingerprint density at radius 2 is 0.414 bits per heavy atom. The molecular formula is C52H70O16S2. The monoisotopic (exact) mass is 1010 g/mol. The van der Waals surface area contributed by atoms with Crippen LogP contribution in [0.2, 0.25) is 0 Å². The van der Waals surface area contributed by atoms with Gasteiger partial charge in [-0.2, -0.15) is 0 Å². The summed E-state index contributed by atoms with van der Waals surface area (Å²) in [6, 6.07) is 27.6. The van der Waals surface area contributed by atoms with Gasteiger partial charge in [0, 0.05) is 9.79 Å². The van der Waals surface area contributed by atoms with Crippen molar-refractivity contribution in [3.8, 4) is 23.0 Å². The van der Waals surface area contributed by atoms with Gasteiger partial charge in [-0.15, -0.1) is 0 Å². The second-order valence-electron chi connectivity index (χ2n) is 15.4. The van der Waals surface area contributed by atoms with Gasteiger partial charge in [-0.3, -0.25) is 0 Å². The van der Waals surface area contributed by atoms with Crippen molar-refractivity contribution in [1.29, 1.82) is 0 Å². The molecule has 0 aromatic heterocycles. The van der Waals surface area contributed by atoms with Crippen LogP contribution in [0.5, 0.6) is 23.0 Å². The first kappa shape index (κ1) is 55.6. The van der Waals surface area contributed by atoms with E-state index in [1.165, 1.54) is 0 Å². The van der Waals surface area contributed by atoms with Gasteiger partial charge in [0.1, 0.15) is 26.4 Å². The first-order valence-corrected chi connectivity index (χ1v) is 26.2. The molecule has 2 aliphatic rings. The summed E-state index contributed by atoms with van der Waals surface area (Å²) in [7, 11) is 3.34. The molecule has 18 heteroatoms. The van der Waals surface area contributed by atoms with Gasteiger partial charge in [0.2, 0.25) is 0 Å². The van der Waals surface area contributed by atoms with E-state index < -0.39 is 0 Å². The van der Waals surface area contributed by atoms with Gasteiger partial charge in [0.25, 0.3) is 0 Å². The molecule has 0 fully saturated rings. The zero-order valence-corrected chi connectivity index (χ0v) is 41.9. The molecule has 0 spiro atoms. The Morgan fingerprint density at radius 1 is 0.214 bits per heavy atom. The molecule has 0 unspecified atom stereocenters. The highest BCUT2D eigenvalue weighted by Gasteiger charge is 2.16. The summed E-state index contributed by atoms with van der Waals surface area (Å²) in [6.45, 7) is 11.6. The molecule has 0 N–H and O–H groups in total. The minimum atomic E-state index is 0.379. The molecule has 16 nitrogen and oxygen atoms in total. The van der Waals surface area contributed by atoms with Crippen molar-refractivity contribution in [1.82, 2.24) is 0 Å². The molecule has 0 amide bonds. The number of hydrogen-bond acceptors (Lipinski definition) is 18. The molecule has 2 bridgehead atoms. The minimum absolute atomic E-state index is 0.379. The summed E-state index contributed by atoms with van der Waals surface area (Å²) in [5, 5.41) is 0. The van der Waals surface area contributed by atoms with Gasteiger partial charge in [-0.25, -0.2) is 0 Å². The van der Waals surface area contributed by atoms with E-state index >= 15 is 0 Å². The third-order valence-electron chi connectivity index (χ3n) is 10.2. The van der Waals surface area contributed by atoms with Crippen LogP contribution in [0.4, 0.5) is 0 Å². The molecule has 0 atom stereocenters. The zero-order chi connectivity index (χ0) is 48.2. The van der Waals surface area contributed by atoms with Crippen molar-refractivity contribution in [2.45, 2.75) is 36.2 Å². The van der Waals surface area contributed by atoms with Crippen LogP contribution < -0.4 is 18.9 Å². The topological polar surface area (TPSA) is 148 Å². The smallest absolute Gasteiger partial charge is 0.161 e. The molecule has 386 valence electrons. The van der Waals surface area contributed by atoms with Crippen molar-refractivity contribution in [2.24, 2.45) is 0 Å². The first-order chi connectivity index (χ1) is 34.8. The second-order valence-corrected chi connectivity index (χ2v) is 17.5. The van der Waals surface area contributed by atoms with Crippen LogP contribution in [0.15, 0.2) is 94.7 Å². The number of para-hydroxylation sites is 4. The SMILES string of the molecule is c1cc2c3c(c1)COCCOCCOCCOc1ccccc1OCCOCCOCCOCc1cccc(c1SS3)COCCOCCOCCOc1ccccc1OCCOCCOCCOC2. The van der Waals surface area contributed by atoms with Crippen LogP contribution in [0.25, 0.3) is 0 Å². The summed E-state index contributed by atoms with van der Waals surface area (Å²) in [6.07, 6.45) is 0. The Bertz CT molecular complexity index is 1710. The van der Waals surface area contributed by atoms with Gasteiger partial charge in [-0.05, 0) is 46.5 Å². The van der Waals surface area contributed by atoms with Crippen LogP contribution in [0.1, 0.15) is 22.3 Å². The van der Waals surface area contributed by atoms with E-state index in [-0.39, 0.29) is 0 Å². The van der Waals surface area contributed by atoms with Gasteiger partial charge >= 0.3 is 0 Å². The molecule has 2 aliphatic heterocycles. The van der Waals surface area contributed by atoms with Crippen molar-refractivity contribution in [3.05, 3.63) is 107 Å². The van der Waals surface area contributed by atoms with Crippen LogP contribution in [0, 0.1) is 0 Å². The van der Waals surface area contributed by atoms with Crippen molar-refractivity contribution < 1.29 is 75.8 Å². The minimum Gasteiger partial charge on any atom is -0.487 e. The molecule has 0 saturated carbocycles. The van der Waals surface area contributed by atoms with Gasteiger partial charge in [0.05, 0.1) is 159 Å². The maximum Gasteiger partial charge on any atom is 0.161 e. The van der Waals surface area contributed by atoms with Crippen LogP contribution in [0.3, 0.4) is 0 Å². The lowest BCUT2D eigenvalue weighted by molar-refractivity contribution is 0.00326. The summed E-state index contributed by atoms with van der Waals surface area (Å²) in [5.41, 5.74) is 4.17. The van der Waals surface area contributed by atoms with E-state index in [0.29, 0.717) is 208 Å². The molecule has 0 radical (unpaired) electrons. The van der Waals surface area contributed by atoms with E-state index in [1.807, 2.05) is 60.7 Å². The molecular weight excluding hydrogens is 945 g/mol. The molecule has 2 heterocycles. The predicted molar refractivity (Wildman–Crippen MR) is 265 cm³/mol. The van der Waals surface area contributed by atoms with E-state index in [9.17, 15) is 0 Å². The van der Waals surface area contributed by atoms with Crippen molar-refractivity contribution in [3.63, 3.8) is 0 Å². The molecule has 0 saturated heterocycles. The lowest BCUT2D eigenvalue weighted by atomic mass is 10.1. The van der Waals surface area contributed by atoms with Crippen LogP contribution >= 0.6 is 21.6 Å². The van der Waals surface area contributed by atoms with E-state index in [4.69, 9.17) is 75.8 Å². The molecule has 6 rings (SSSR count). The second kappa shape index (κ2) is 36.3. The Labute approximate surface area is 420 Å². The fourth-order valence-electron chi connectivity index (χ4n) is 6.74. The summed E-state index contributed by atoms with van der Waals surface area (Å²) in [4.78, 5) is 2.13. The fraction of sp³-hybridized carbons (Fsp3) is 0.538. The Hall–Kier alpha value is -3.70. The summed E-state index contributed by atoms with van der Waals surface area (Å²) in [5.74, 6) is 2.61. The van der Waals surface area contributed by atoms with E-state index in [1.54, 1.807) is 21.6 Å². The number of rotatable bonds is 0. The zero-order valence-electron chi connectivity index (χ0n) is 40.2. The average molecular weight is 1020 g/mol. The maximum atomic E-state index is 6.19. The Balaban J connectivity index is 1.09.